The lowest BCUT2D eigenvalue weighted by Gasteiger charge is -2.32. The van der Waals surface area contributed by atoms with Crippen molar-refractivity contribution >= 4 is 73.5 Å². The first kappa shape index (κ1) is 94.0. The van der Waals surface area contributed by atoms with Gasteiger partial charge >= 0.3 is 23.9 Å². The first-order valence-electron chi connectivity index (χ1n) is 32.7. The third kappa shape index (κ3) is 28.1. The first-order valence-corrected chi connectivity index (χ1v) is 32.7. The van der Waals surface area contributed by atoms with Crippen LogP contribution in [0.4, 0.5) is 0 Å². The SMILES string of the molecule is CCC(C)C(O)(C(=O)OCCN(CC)CC)c1ccccc1.CCC(C)C(O)(C(=O)OCCN(CC)CC)c1ccccc1.CCC(C)C(O)(C(=O)OCCN(CC)CC)c1ccccc1.CCC(C)C(O)(C(=O)OCCN(CC)CC)c1ccccc1.Cl.Cl.Cl.Cl. The van der Waals surface area contributed by atoms with Gasteiger partial charge in [0, 0.05) is 26.2 Å². The van der Waals surface area contributed by atoms with Crippen LogP contribution in [0, 0.1) is 23.7 Å². The van der Waals surface area contributed by atoms with Crippen LogP contribution >= 0.6 is 49.6 Å². The molecular formula is C72H120Cl4N4O12. The van der Waals surface area contributed by atoms with E-state index in [9.17, 15) is 39.6 Å². The fraction of sp³-hybridized carbons (Fsp3) is 0.611. The molecule has 0 radical (unpaired) electrons. The fourth-order valence-electron chi connectivity index (χ4n) is 10.0. The Bertz CT molecular complexity index is 2150. The highest BCUT2D eigenvalue weighted by Crippen LogP contribution is 2.37. The number of halogens is 4. The van der Waals surface area contributed by atoms with Crippen molar-refractivity contribution in [3.8, 4) is 0 Å². The van der Waals surface area contributed by atoms with E-state index in [0.717, 1.165) is 52.4 Å². The Morgan fingerprint density at radius 3 is 0.565 bits per heavy atom. The van der Waals surface area contributed by atoms with Gasteiger partial charge in [0.2, 0.25) is 0 Å². The topological polar surface area (TPSA) is 199 Å². The summed E-state index contributed by atoms with van der Waals surface area (Å²) in [6.45, 7) is 43.2. The minimum atomic E-state index is -1.58. The molecule has 0 aliphatic heterocycles. The Labute approximate surface area is 579 Å². The summed E-state index contributed by atoms with van der Waals surface area (Å²) in [5.41, 5.74) is -3.96. The largest absolute Gasteiger partial charge is 0.462 e. The van der Waals surface area contributed by atoms with Crippen molar-refractivity contribution < 1.29 is 58.6 Å². The summed E-state index contributed by atoms with van der Waals surface area (Å²) in [4.78, 5) is 58.8. The number of benzene rings is 4. The highest BCUT2D eigenvalue weighted by Gasteiger charge is 2.47. The number of aliphatic hydroxyl groups is 4. The third-order valence-electron chi connectivity index (χ3n) is 17.5. The van der Waals surface area contributed by atoms with Crippen LogP contribution in [0.5, 0.6) is 0 Å². The van der Waals surface area contributed by atoms with Gasteiger partial charge in [0.05, 0.1) is 0 Å². The summed E-state index contributed by atoms with van der Waals surface area (Å²) >= 11 is 0. The number of carbonyl (C=O) groups is 4. The Hall–Kier alpha value is -4.40. The molecular weight excluding hydrogens is 1250 g/mol. The Morgan fingerprint density at radius 1 is 0.304 bits per heavy atom. The smallest absolute Gasteiger partial charge is 0.343 e. The van der Waals surface area contributed by atoms with Crippen LogP contribution in [0.3, 0.4) is 0 Å². The molecule has 0 saturated carbocycles. The van der Waals surface area contributed by atoms with Gasteiger partial charge in [-0.15, -0.1) is 49.6 Å². The van der Waals surface area contributed by atoms with Crippen molar-refractivity contribution in [2.75, 3.05) is 105 Å². The highest BCUT2D eigenvalue weighted by molar-refractivity contribution is 5.86. The molecule has 0 spiro atoms. The van der Waals surface area contributed by atoms with E-state index < -0.39 is 46.3 Å². The molecule has 0 aromatic heterocycles. The van der Waals surface area contributed by atoms with Crippen molar-refractivity contribution in [2.45, 2.75) is 159 Å². The molecule has 0 fully saturated rings. The standard InChI is InChI=1S/4C18H29NO3.4ClH/c4*1-5-15(4)18(21,16-11-9-8-10-12-16)17(20)22-14-13-19(6-2)7-3;;;;/h4*8-12,15,21H,5-7,13-14H2,1-4H3;4*1H. The maximum absolute atomic E-state index is 12.5. The van der Waals surface area contributed by atoms with E-state index >= 15 is 0 Å². The van der Waals surface area contributed by atoms with Gasteiger partial charge in [0.25, 0.3) is 0 Å². The summed E-state index contributed by atoms with van der Waals surface area (Å²) in [5, 5.41) is 44.0. The van der Waals surface area contributed by atoms with Gasteiger partial charge in [-0.2, -0.15) is 0 Å². The molecule has 0 heterocycles. The summed E-state index contributed by atoms with van der Waals surface area (Å²) in [6, 6.07) is 36.3. The summed E-state index contributed by atoms with van der Waals surface area (Å²) in [6.07, 6.45) is 2.76. The third-order valence-corrected chi connectivity index (χ3v) is 17.5. The van der Waals surface area contributed by atoms with E-state index in [-0.39, 0.29) is 73.3 Å². The normalized spacial score (nSPS) is 14.7. The van der Waals surface area contributed by atoms with Gasteiger partial charge in [0.15, 0.2) is 22.4 Å². The second-order valence-electron chi connectivity index (χ2n) is 22.4. The average molecular weight is 1380 g/mol. The molecule has 8 atom stereocenters. The fourth-order valence-corrected chi connectivity index (χ4v) is 10.0. The minimum absolute atomic E-state index is 0. The van der Waals surface area contributed by atoms with Gasteiger partial charge in [-0.1, -0.05) is 232 Å². The van der Waals surface area contributed by atoms with Crippen LogP contribution in [0.2, 0.25) is 0 Å². The molecule has 16 nitrogen and oxygen atoms in total. The lowest BCUT2D eigenvalue weighted by molar-refractivity contribution is -0.174. The molecule has 0 bridgehead atoms. The van der Waals surface area contributed by atoms with Gasteiger partial charge in [-0.3, -0.25) is 0 Å². The van der Waals surface area contributed by atoms with Gasteiger partial charge in [-0.25, -0.2) is 19.2 Å². The van der Waals surface area contributed by atoms with E-state index in [0.29, 0.717) is 101 Å². The van der Waals surface area contributed by atoms with Crippen molar-refractivity contribution in [1.82, 2.24) is 19.6 Å². The molecule has 0 amide bonds. The van der Waals surface area contributed by atoms with E-state index in [4.69, 9.17) is 18.9 Å². The zero-order valence-corrected chi connectivity index (χ0v) is 61.7. The zero-order chi connectivity index (χ0) is 66.4. The summed E-state index contributed by atoms with van der Waals surface area (Å²) in [5.74, 6) is -3.07. The zero-order valence-electron chi connectivity index (χ0n) is 58.5. The molecule has 4 aromatic carbocycles. The van der Waals surface area contributed by atoms with Crippen molar-refractivity contribution in [1.29, 1.82) is 0 Å². The Balaban J connectivity index is -0.000000553. The summed E-state index contributed by atoms with van der Waals surface area (Å²) < 4.78 is 21.6. The second kappa shape index (κ2) is 50.9. The molecule has 4 rings (SSSR count). The van der Waals surface area contributed by atoms with Crippen LogP contribution in [0.25, 0.3) is 0 Å². The predicted molar refractivity (Wildman–Crippen MR) is 383 cm³/mol. The van der Waals surface area contributed by atoms with E-state index in [1.165, 1.54) is 0 Å². The van der Waals surface area contributed by atoms with Crippen LogP contribution in [0.1, 0.15) is 159 Å². The number of ether oxygens (including phenoxy) is 4. The molecule has 20 heteroatoms. The van der Waals surface area contributed by atoms with Crippen LogP contribution in [0.15, 0.2) is 121 Å². The van der Waals surface area contributed by atoms with Crippen molar-refractivity contribution in [2.24, 2.45) is 23.7 Å². The maximum atomic E-state index is 12.5. The number of hydrogen-bond donors (Lipinski definition) is 4. The van der Waals surface area contributed by atoms with Gasteiger partial charge in [-0.05, 0) is 124 Å². The van der Waals surface area contributed by atoms with Crippen molar-refractivity contribution in [3.63, 3.8) is 0 Å². The second-order valence-corrected chi connectivity index (χ2v) is 22.4. The Kier molecular flexibility index (Phi) is 52.1. The highest BCUT2D eigenvalue weighted by atomic mass is 35.5. The van der Waals surface area contributed by atoms with E-state index in [2.05, 4.69) is 75.0 Å². The lowest BCUT2D eigenvalue weighted by Crippen LogP contribution is -2.44. The number of rotatable bonds is 36. The molecule has 528 valence electrons. The minimum Gasteiger partial charge on any atom is -0.462 e. The summed E-state index contributed by atoms with van der Waals surface area (Å²) in [7, 11) is 0. The van der Waals surface area contributed by atoms with E-state index in [1.807, 2.05) is 128 Å². The van der Waals surface area contributed by atoms with Crippen LogP contribution < -0.4 is 0 Å². The van der Waals surface area contributed by atoms with Crippen molar-refractivity contribution in [3.05, 3.63) is 144 Å². The molecule has 0 aliphatic carbocycles. The maximum Gasteiger partial charge on any atom is 0.343 e. The average Bonchev–Trinajstić information content (AvgIpc) is 0.870. The van der Waals surface area contributed by atoms with Crippen LogP contribution in [-0.2, 0) is 60.5 Å². The number of nitrogens with zero attached hydrogens (tertiary/aromatic N) is 4. The molecule has 92 heavy (non-hydrogen) atoms. The molecule has 0 saturated heterocycles. The number of likely N-dealkylation sites (N-methyl/N-ethyl adjacent to an activating group) is 4. The number of esters is 4. The van der Waals surface area contributed by atoms with Gasteiger partial charge in [0.1, 0.15) is 26.4 Å². The molecule has 0 aliphatic rings. The number of hydrogen-bond acceptors (Lipinski definition) is 16. The van der Waals surface area contributed by atoms with Crippen LogP contribution in [-0.4, -0.2) is 169 Å². The predicted octanol–water partition coefficient (Wildman–Crippen LogP) is 12.9. The number of carbonyl (C=O) groups excluding carboxylic acids is 4. The molecule has 8 unspecified atom stereocenters. The molecule has 4 aromatic rings. The first-order chi connectivity index (χ1) is 42.0. The molecule has 4 N–H and O–H groups in total. The monoisotopic (exact) mass is 1370 g/mol. The Morgan fingerprint density at radius 2 is 0.446 bits per heavy atom. The van der Waals surface area contributed by atoms with Gasteiger partial charge < -0.3 is 59.0 Å². The van der Waals surface area contributed by atoms with E-state index in [1.54, 1.807) is 48.5 Å². The lowest BCUT2D eigenvalue weighted by atomic mass is 9.81. The quantitative estimate of drug-likeness (QED) is 0.0247.